The molecule has 0 spiro atoms. The summed E-state index contributed by atoms with van der Waals surface area (Å²) in [6.07, 6.45) is 3.05. The van der Waals surface area contributed by atoms with E-state index in [2.05, 4.69) is 57.1 Å². The minimum atomic E-state index is 0.163. The molecule has 0 saturated carbocycles. The van der Waals surface area contributed by atoms with Crippen LogP contribution in [0.3, 0.4) is 0 Å². The predicted molar refractivity (Wildman–Crippen MR) is 69.4 cm³/mol. The number of hydrogen-bond acceptors (Lipinski definition) is 2. The van der Waals surface area contributed by atoms with Crippen molar-refractivity contribution in [2.24, 2.45) is 5.92 Å². The Kier molecular flexibility index (Phi) is 4.48. The van der Waals surface area contributed by atoms with Gasteiger partial charge in [-0.25, -0.2) is 0 Å². The van der Waals surface area contributed by atoms with Gasteiger partial charge in [-0.2, -0.15) is 0 Å². The van der Waals surface area contributed by atoms with E-state index in [1.165, 1.54) is 11.3 Å². The molecule has 1 N–H and O–H groups in total. The first-order valence-corrected chi connectivity index (χ1v) is 6.05. The van der Waals surface area contributed by atoms with Crippen LogP contribution >= 0.6 is 0 Å². The van der Waals surface area contributed by atoms with Crippen LogP contribution in [0.4, 0.5) is 0 Å². The van der Waals surface area contributed by atoms with Gasteiger partial charge in [0.25, 0.3) is 0 Å². The first-order chi connectivity index (χ1) is 7.37. The van der Waals surface area contributed by atoms with Gasteiger partial charge in [-0.1, -0.05) is 19.9 Å². The van der Waals surface area contributed by atoms with Crippen LogP contribution in [-0.2, 0) is 13.0 Å². The molecule has 1 heterocycles. The average Bonchev–Trinajstić information content (AvgIpc) is 2.14. The van der Waals surface area contributed by atoms with Gasteiger partial charge in [0, 0.05) is 24.0 Å². The zero-order chi connectivity index (χ0) is 12.2. The Hall–Kier alpha value is -0.890. The molecule has 1 rings (SSSR count). The normalized spacial score (nSPS) is 12.1. The molecule has 0 amide bonds. The van der Waals surface area contributed by atoms with Crippen LogP contribution in [0.5, 0.6) is 0 Å². The SMILES string of the molecule is CC(C)Cc1ccc(CNC(C)(C)C)cn1. The maximum absolute atomic E-state index is 4.48. The molecule has 0 radical (unpaired) electrons. The highest BCUT2D eigenvalue weighted by Gasteiger charge is 2.08. The first kappa shape index (κ1) is 13.2. The van der Waals surface area contributed by atoms with Crippen molar-refractivity contribution in [2.75, 3.05) is 0 Å². The van der Waals surface area contributed by atoms with Crippen molar-refractivity contribution in [1.29, 1.82) is 0 Å². The maximum atomic E-state index is 4.48. The maximum Gasteiger partial charge on any atom is 0.0406 e. The minimum Gasteiger partial charge on any atom is -0.308 e. The summed E-state index contributed by atoms with van der Waals surface area (Å²) in [5.41, 5.74) is 2.60. The second-order valence-corrected chi connectivity index (χ2v) is 5.86. The molecular weight excluding hydrogens is 196 g/mol. The molecule has 1 aromatic rings. The third kappa shape index (κ3) is 5.26. The highest BCUT2D eigenvalue weighted by Crippen LogP contribution is 2.07. The van der Waals surface area contributed by atoms with Crippen molar-refractivity contribution in [3.63, 3.8) is 0 Å². The second-order valence-electron chi connectivity index (χ2n) is 5.86. The zero-order valence-electron chi connectivity index (χ0n) is 11.2. The van der Waals surface area contributed by atoms with E-state index in [1.807, 2.05) is 6.20 Å². The molecule has 1 aromatic heterocycles. The van der Waals surface area contributed by atoms with Gasteiger partial charge in [-0.05, 0) is 44.7 Å². The Morgan fingerprint density at radius 2 is 1.94 bits per heavy atom. The lowest BCUT2D eigenvalue weighted by atomic mass is 10.1. The van der Waals surface area contributed by atoms with Crippen LogP contribution in [0.1, 0.15) is 45.9 Å². The second kappa shape index (κ2) is 5.44. The predicted octanol–water partition coefficient (Wildman–Crippen LogP) is 3.17. The van der Waals surface area contributed by atoms with Crippen LogP contribution in [0.25, 0.3) is 0 Å². The van der Waals surface area contributed by atoms with Crippen LogP contribution in [0, 0.1) is 5.92 Å². The van der Waals surface area contributed by atoms with E-state index in [1.54, 1.807) is 0 Å². The molecule has 0 unspecified atom stereocenters. The van der Waals surface area contributed by atoms with Crippen molar-refractivity contribution in [3.8, 4) is 0 Å². The highest BCUT2D eigenvalue weighted by molar-refractivity contribution is 5.14. The number of aromatic nitrogens is 1. The summed E-state index contributed by atoms with van der Waals surface area (Å²) in [6.45, 7) is 11.8. The number of rotatable bonds is 4. The number of pyridine rings is 1. The Bertz CT molecular complexity index is 307. The van der Waals surface area contributed by atoms with E-state index < -0.39 is 0 Å². The molecule has 2 heteroatoms. The smallest absolute Gasteiger partial charge is 0.0406 e. The summed E-state index contributed by atoms with van der Waals surface area (Å²) >= 11 is 0. The van der Waals surface area contributed by atoms with Gasteiger partial charge >= 0.3 is 0 Å². The molecule has 2 nitrogen and oxygen atoms in total. The van der Waals surface area contributed by atoms with E-state index in [0.717, 1.165) is 13.0 Å². The van der Waals surface area contributed by atoms with Crippen molar-refractivity contribution in [1.82, 2.24) is 10.3 Å². The fraction of sp³-hybridized carbons (Fsp3) is 0.643. The van der Waals surface area contributed by atoms with E-state index in [4.69, 9.17) is 0 Å². The lowest BCUT2D eigenvalue weighted by Crippen LogP contribution is -2.35. The lowest BCUT2D eigenvalue weighted by Gasteiger charge is -2.20. The molecular formula is C14H24N2. The Morgan fingerprint density at radius 1 is 1.25 bits per heavy atom. The topological polar surface area (TPSA) is 24.9 Å². The Morgan fingerprint density at radius 3 is 2.38 bits per heavy atom. The zero-order valence-corrected chi connectivity index (χ0v) is 11.2. The third-order valence-electron chi connectivity index (χ3n) is 2.33. The fourth-order valence-electron chi connectivity index (χ4n) is 1.47. The van der Waals surface area contributed by atoms with Crippen LogP contribution < -0.4 is 5.32 Å². The van der Waals surface area contributed by atoms with Crippen LogP contribution in [0.15, 0.2) is 18.3 Å². The van der Waals surface area contributed by atoms with Gasteiger partial charge in [-0.3, -0.25) is 4.98 Å². The Balaban J connectivity index is 2.51. The molecule has 16 heavy (non-hydrogen) atoms. The summed E-state index contributed by atoms with van der Waals surface area (Å²) in [6, 6.07) is 4.31. The molecule has 0 saturated heterocycles. The van der Waals surface area contributed by atoms with Crippen LogP contribution in [0.2, 0.25) is 0 Å². The molecule has 0 fully saturated rings. The standard InChI is InChI=1S/C14H24N2/c1-11(2)8-13-7-6-12(9-15-13)10-16-14(3,4)5/h6-7,9,11,16H,8,10H2,1-5H3. The molecule has 0 bridgehead atoms. The molecule has 0 aliphatic rings. The third-order valence-corrected chi connectivity index (χ3v) is 2.33. The summed E-state index contributed by atoms with van der Waals surface area (Å²) in [5, 5.41) is 3.46. The summed E-state index contributed by atoms with van der Waals surface area (Å²) in [7, 11) is 0. The van der Waals surface area contributed by atoms with E-state index in [9.17, 15) is 0 Å². The molecule has 90 valence electrons. The lowest BCUT2D eigenvalue weighted by molar-refractivity contribution is 0.424. The molecule has 0 aromatic carbocycles. The number of nitrogens with one attached hydrogen (secondary N) is 1. The largest absolute Gasteiger partial charge is 0.308 e. The quantitative estimate of drug-likeness (QED) is 0.843. The van der Waals surface area contributed by atoms with Gasteiger partial charge in [0.15, 0.2) is 0 Å². The van der Waals surface area contributed by atoms with E-state index in [-0.39, 0.29) is 5.54 Å². The van der Waals surface area contributed by atoms with Gasteiger partial charge in [0.05, 0.1) is 0 Å². The van der Waals surface area contributed by atoms with Crippen molar-refractivity contribution in [3.05, 3.63) is 29.6 Å². The summed E-state index contributed by atoms with van der Waals surface area (Å²) in [4.78, 5) is 4.48. The molecule has 0 aliphatic heterocycles. The summed E-state index contributed by atoms with van der Waals surface area (Å²) in [5.74, 6) is 0.672. The van der Waals surface area contributed by atoms with Crippen LogP contribution in [-0.4, -0.2) is 10.5 Å². The van der Waals surface area contributed by atoms with Crippen molar-refractivity contribution in [2.45, 2.75) is 53.1 Å². The van der Waals surface area contributed by atoms with Crippen molar-refractivity contribution < 1.29 is 0 Å². The van der Waals surface area contributed by atoms with Gasteiger partial charge in [-0.15, -0.1) is 0 Å². The van der Waals surface area contributed by atoms with E-state index in [0.29, 0.717) is 5.92 Å². The minimum absolute atomic E-state index is 0.163. The van der Waals surface area contributed by atoms with Gasteiger partial charge in [0.1, 0.15) is 0 Å². The number of hydrogen-bond donors (Lipinski definition) is 1. The van der Waals surface area contributed by atoms with Crippen molar-refractivity contribution >= 4 is 0 Å². The molecule has 0 aliphatic carbocycles. The average molecular weight is 220 g/mol. The fourth-order valence-corrected chi connectivity index (χ4v) is 1.47. The van der Waals surface area contributed by atoms with Gasteiger partial charge < -0.3 is 5.32 Å². The first-order valence-electron chi connectivity index (χ1n) is 6.05. The Labute approximate surface area is 99.5 Å². The number of nitrogens with zero attached hydrogens (tertiary/aromatic N) is 1. The van der Waals surface area contributed by atoms with E-state index >= 15 is 0 Å². The highest BCUT2D eigenvalue weighted by atomic mass is 14.9. The summed E-state index contributed by atoms with van der Waals surface area (Å²) < 4.78 is 0. The monoisotopic (exact) mass is 220 g/mol. The molecule has 0 atom stereocenters. The van der Waals surface area contributed by atoms with Gasteiger partial charge in [0.2, 0.25) is 0 Å².